The maximum atomic E-state index is 13.2. The fraction of sp³-hybridized carbons (Fsp3) is 0.280. The number of hydrogen-bond acceptors (Lipinski definition) is 3. The van der Waals surface area contributed by atoms with E-state index in [1.165, 1.54) is 11.6 Å². The van der Waals surface area contributed by atoms with Crippen molar-refractivity contribution in [2.24, 2.45) is 4.99 Å². The summed E-state index contributed by atoms with van der Waals surface area (Å²) in [7, 11) is 0. The number of benzene rings is 1. The fourth-order valence-electron chi connectivity index (χ4n) is 4.13. The van der Waals surface area contributed by atoms with Crippen LogP contribution < -0.4 is 0 Å². The molecule has 3 heterocycles. The average Bonchev–Trinajstić information content (AvgIpc) is 2.92. The van der Waals surface area contributed by atoms with Gasteiger partial charge in [-0.25, -0.2) is 0 Å². The van der Waals surface area contributed by atoms with E-state index in [2.05, 4.69) is 11.9 Å². The molecule has 6 heteroatoms. The maximum Gasteiger partial charge on any atom is 0.416 e. The molecule has 0 N–H and O–H groups in total. The van der Waals surface area contributed by atoms with Gasteiger partial charge in [-0.05, 0) is 67.5 Å². The highest BCUT2D eigenvalue weighted by molar-refractivity contribution is 5.93. The quantitative estimate of drug-likeness (QED) is 0.549. The van der Waals surface area contributed by atoms with Crippen LogP contribution in [0, 0.1) is 0 Å². The lowest BCUT2D eigenvalue weighted by Crippen LogP contribution is -2.23. The van der Waals surface area contributed by atoms with E-state index in [0.717, 1.165) is 41.8 Å². The van der Waals surface area contributed by atoms with E-state index in [4.69, 9.17) is 0 Å². The Balaban J connectivity index is 1.83. The van der Waals surface area contributed by atoms with Crippen LogP contribution in [-0.4, -0.2) is 16.9 Å². The second kappa shape index (κ2) is 8.17. The normalized spacial score (nSPS) is 19.2. The molecular weight excluding hydrogens is 401 g/mol. The van der Waals surface area contributed by atoms with Gasteiger partial charge in [0, 0.05) is 30.6 Å². The first-order valence-electron chi connectivity index (χ1n) is 10.3. The third-order valence-electron chi connectivity index (χ3n) is 5.70. The van der Waals surface area contributed by atoms with Crippen LogP contribution in [0.4, 0.5) is 13.2 Å². The summed E-state index contributed by atoms with van der Waals surface area (Å²) in [5, 5.41) is 0. The van der Waals surface area contributed by atoms with Crippen LogP contribution in [0.25, 0.3) is 5.70 Å². The molecule has 31 heavy (non-hydrogen) atoms. The van der Waals surface area contributed by atoms with Gasteiger partial charge in [0.2, 0.25) is 0 Å². The Kier molecular flexibility index (Phi) is 5.56. The number of ketones is 1. The van der Waals surface area contributed by atoms with Crippen LogP contribution in [0.15, 0.2) is 81.8 Å². The molecule has 4 rings (SSSR count). The number of fused-ring (bicyclic) bond motifs is 1. The summed E-state index contributed by atoms with van der Waals surface area (Å²) in [5.41, 5.74) is 4.80. The summed E-state index contributed by atoms with van der Waals surface area (Å²) in [6.07, 6.45) is 8.20. The van der Waals surface area contributed by atoms with E-state index in [-0.39, 0.29) is 5.78 Å². The first kappa shape index (κ1) is 21.1. The topological polar surface area (TPSA) is 32.7 Å². The molecule has 1 aromatic rings. The van der Waals surface area contributed by atoms with E-state index in [1.807, 2.05) is 29.3 Å². The van der Waals surface area contributed by atoms with Crippen molar-refractivity contribution in [3.63, 3.8) is 0 Å². The highest BCUT2D eigenvalue weighted by atomic mass is 19.4. The third-order valence-corrected chi connectivity index (χ3v) is 5.70. The SMILES string of the molecule is CC(=O)C1=CCCC(C)=C2C=CC(C3=C(c4cccc(C(F)(F)F)c4)N=CCC3)=CN12. The molecule has 0 bridgehead atoms. The number of hydrogen-bond donors (Lipinski definition) is 0. The zero-order valence-corrected chi connectivity index (χ0v) is 17.5. The van der Waals surface area contributed by atoms with Crippen molar-refractivity contribution in [3.05, 3.63) is 87.9 Å². The molecule has 0 atom stereocenters. The Morgan fingerprint density at radius 1 is 1.13 bits per heavy atom. The van der Waals surface area contributed by atoms with Crippen molar-refractivity contribution < 1.29 is 18.0 Å². The summed E-state index contributed by atoms with van der Waals surface area (Å²) in [6.45, 7) is 3.61. The fourth-order valence-corrected chi connectivity index (χ4v) is 4.13. The van der Waals surface area contributed by atoms with Gasteiger partial charge in [0.25, 0.3) is 0 Å². The van der Waals surface area contributed by atoms with E-state index in [1.54, 1.807) is 19.2 Å². The maximum absolute atomic E-state index is 13.2. The first-order chi connectivity index (χ1) is 14.8. The number of halogens is 3. The Labute approximate surface area is 179 Å². The van der Waals surface area contributed by atoms with Crippen molar-refractivity contribution in [2.45, 2.75) is 45.7 Å². The molecular formula is C25H23F3N2O. The summed E-state index contributed by atoms with van der Waals surface area (Å²) >= 11 is 0. The molecule has 3 nitrogen and oxygen atoms in total. The Morgan fingerprint density at radius 2 is 1.94 bits per heavy atom. The number of rotatable bonds is 3. The first-order valence-corrected chi connectivity index (χ1v) is 10.3. The lowest BCUT2D eigenvalue weighted by molar-refractivity contribution is -0.137. The van der Waals surface area contributed by atoms with Crippen molar-refractivity contribution in [1.29, 1.82) is 0 Å². The molecule has 3 aliphatic heterocycles. The zero-order valence-electron chi connectivity index (χ0n) is 17.5. The smallest absolute Gasteiger partial charge is 0.314 e. The van der Waals surface area contributed by atoms with Crippen molar-refractivity contribution in [3.8, 4) is 0 Å². The second-order valence-electron chi connectivity index (χ2n) is 7.89. The van der Waals surface area contributed by atoms with Crippen LogP contribution in [0.2, 0.25) is 0 Å². The number of carbonyl (C=O) groups is 1. The molecule has 0 aliphatic carbocycles. The monoisotopic (exact) mass is 424 g/mol. The molecule has 1 aromatic carbocycles. The Hall–Kier alpha value is -3.15. The lowest BCUT2D eigenvalue weighted by atomic mass is 9.92. The molecule has 0 aromatic heterocycles. The lowest BCUT2D eigenvalue weighted by Gasteiger charge is -2.29. The van der Waals surface area contributed by atoms with Gasteiger partial charge in [0.1, 0.15) is 0 Å². The standard InChI is InChI=1S/C25H23F3N2O/c1-16-6-3-10-23(17(2)31)30-15-19(11-12-22(16)30)21-9-5-13-29-24(21)18-7-4-8-20(14-18)25(26,27)28/h4,7-8,10-15H,3,5-6,9H2,1-2H3. The van der Waals surface area contributed by atoms with Crippen LogP contribution in [0.5, 0.6) is 0 Å². The molecule has 0 fully saturated rings. The van der Waals surface area contributed by atoms with E-state index in [9.17, 15) is 18.0 Å². The van der Waals surface area contributed by atoms with Gasteiger partial charge in [-0.1, -0.05) is 24.3 Å². The second-order valence-corrected chi connectivity index (χ2v) is 7.89. The molecule has 3 aliphatic rings. The minimum absolute atomic E-state index is 0.0214. The van der Waals surface area contributed by atoms with E-state index in [0.29, 0.717) is 29.8 Å². The van der Waals surface area contributed by atoms with Gasteiger partial charge in [-0.2, -0.15) is 13.2 Å². The third kappa shape index (κ3) is 4.20. The molecule has 0 spiro atoms. The van der Waals surface area contributed by atoms with Crippen LogP contribution in [-0.2, 0) is 11.0 Å². The number of alkyl halides is 3. The summed E-state index contributed by atoms with van der Waals surface area (Å²) in [5.74, 6) is -0.0214. The summed E-state index contributed by atoms with van der Waals surface area (Å²) in [6, 6.07) is 5.28. The van der Waals surface area contributed by atoms with Gasteiger partial charge in [-0.3, -0.25) is 9.79 Å². The molecule has 0 saturated heterocycles. The predicted octanol–water partition coefficient (Wildman–Crippen LogP) is 6.58. The highest BCUT2D eigenvalue weighted by Gasteiger charge is 2.31. The number of aliphatic imine (C=N–C) groups is 1. The van der Waals surface area contributed by atoms with Crippen LogP contribution in [0.1, 0.15) is 50.7 Å². The molecule has 0 radical (unpaired) electrons. The highest BCUT2D eigenvalue weighted by Crippen LogP contribution is 2.38. The van der Waals surface area contributed by atoms with Gasteiger partial charge >= 0.3 is 6.18 Å². The van der Waals surface area contributed by atoms with Crippen molar-refractivity contribution in [1.82, 2.24) is 4.90 Å². The Bertz CT molecular complexity index is 1110. The summed E-state index contributed by atoms with van der Waals surface area (Å²) < 4.78 is 39.7. The molecule has 0 unspecified atom stereocenters. The number of Topliss-reactive ketones (excluding diaryl/α,β-unsaturated/α-hetero) is 1. The molecule has 160 valence electrons. The van der Waals surface area contributed by atoms with Gasteiger partial charge < -0.3 is 4.90 Å². The minimum Gasteiger partial charge on any atom is -0.314 e. The van der Waals surface area contributed by atoms with Gasteiger partial charge in [0.05, 0.1) is 17.0 Å². The van der Waals surface area contributed by atoms with Gasteiger partial charge in [-0.15, -0.1) is 0 Å². The summed E-state index contributed by atoms with van der Waals surface area (Å²) in [4.78, 5) is 18.7. The van der Waals surface area contributed by atoms with Crippen LogP contribution in [0.3, 0.4) is 0 Å². The average molecular weight is 424 g/mol. The predicted molar refractivity (Wildman–Crippen MR) is 116 cm³/mol. The molecule has 0 amide bonds. The van der Waals surface area contributed by atoms with E-state index < -0.39 is 11.7 Å². The Morgan fingerprint density at radius 3 is 2.68 bits per heavy atom. The number of allylic oxidation sites excluding steroid dienone is 7. The van der Waals surface area contributed by atoms with E-state index >= 15 is 0 Å². The number of nitrogens with zero attached hydrogens (tertiary/aromatic N) is 2. The minimum atomic E-state index is -4.41. The van der Waals surface area contributed by atoms with Crippen molar-refractivity contribution >= 4 is 17.7 Å². The molecule has 0 saturated carbocycles. The van der Waals surface area contributed by atoms with Crippen LogP contribution >= 0.6 is 0 Å². The zero-order chi connectivity index (χ0) is 22.2. The van der Waals surface area contributed by atoms with Crippen molar-refractivity contribution in [2.75, 3.05) is 0 Å². The largest absolute Gasteiger partial charge is 0.416 e. The van der Waals surface area contributed by atoms with Gasteiger partial charge in [0.15, 0.2) is 5.78 Å². The number of carbonyl (C=O) groups excluding carboxylic acids is 1.